The van der Waals surface area contributed by atoms with E-state index in [0.717, 1.165) is 12.0 Å². The molecule has 2 N–H and O–H groups in total. The number of nitrogens with one attached hydrogen (secondary N) is 2. The summed E-state index contributed by atoms with van der Waals surface area (Å²) in [4.78, 5) is 22.9. The molecule has 1 rings (SSSR count). The molecule has 0 aliphatic carbocycles. The van der Waals surface area contributed by atoms with Crippen LogP contribution >= 0.6 is 0 Å². The van der Waals surface area contributed by atoms with E-state index in [4.69, 9.17) is 0 Å². The maximum Gasteiger partial charge on any atom is 0.251 e. The Bertz CT molecular complexity index is 416. The molecule has 2 amide bonds. The minimum absolute atomic E-state index is 0.0299. The first-order valence-electron chi connectivity index (χ1n) is 6.25. The van der Waals surface area contributed by atoms with E-state index in [2.05, 4.69) is 10.6 Å². The van der Waals surface area contributed by atoms with Crippen LogP contribution < -0.4 is 10.6 Å². The number of benzene rings is 1. The Morgan fingerprint density at radius 2 is 1.89 bits per heavy atom. The molecular formula is C14H20N2O2. The number of carbonyl (C=O) groups is 2. The van der Waals surface area contributed by atoms with Crippen LogP contribution in [0.5, 0.6) is 0 Å². The summed E-state index contributed by atoms with van der Waals surface area (Å²) in [7, 11) is 0. The first-order valence-corrected chi connectivity index (χ1v) is 6.25. The van der Waals surface area contributed by atoms with Crippen LogP contribution in [0.25, 0.3) is 0 Å². The first kappa shape index (κ1) is 14.2. The highest BCUT2D eigenvalue weighted by molar-refractivity contribution is 5.94. The summed E-state index contributed by atoms with van der Waals surface area (Å²) in [5.74, 6) is -0.0780. The molecule has 0 aliphatic heterocycles. The van der Waals surface area contributed by atoms with E-state index in [-0.39, 0.29) is 11.8 Å². The maximum atomic E-state index is 11.7. The summed E-state index contributed by atoms with van der Waals surface area (Å²) in [6, 6.07) is 7.41. The molecule has 98 valence electrons. The van der Waals surface area contributed by atoms with Gasteiger partial charge in [-0.15, -0.1) is 0 Å². The average Bonchev–Trinajstić information content (AvgIpc) is 2.35. The molecule has 0 fully saturated rings. The van der Waals surface area contributed by atoms with E-state index in [1.54, 1.807) is 6.07 Å². The van der Waals surface area contributed by atoms with Gasteiger partial charge in [-0.1, -0.05) is 24.6 Å². The fraction of sp³-hybridized carbons (Fsp3) is 0.429. The maximum absolute atomic E-state index is 11.7. The molecule has 0 aromatic heterocycles. The van der Waals surface area contributed by atoms with Crippen LogP contribution in [0.4, 0.5) is 0 Å². The lowest BCUT2D eigenvalue weighted by Crippen LogP contribution is -2.34. The Labute approximate surface area is 108 Å². The van der Waals surface area contributed by atoms with Gasteiger partial charge in [0, 0.05) is 25.1 Å². The molecular weight excluding hydrogens is 228 g/mol. The van der Waals surface area contributed by atoms with Crippen molar-refractivity contribution in [2.75, 3.05) is 13.1 Å². The number of carbonyl (C=O) groups excluding carboxylic acids is 2. The van der Waals surface area contributed by atoms with Gasteiger partial charge in [-0.2, -0.15) is 0 Å². The molecule has 4 heteroatoms. The van der Waals surface area contributed by atoms with Crippen LogP contribution in [0, 0.1) is 6.92 Å². The second-order valence-electron chi connectivity index (χ2n) is 4.23. The largest absolute Gasteiger partial charge is 0.354 e. The predicted molar refractivity (Wildman–Crippen MR) is 71.4 cm³/mol. The molecule has 0 heterocycles. The molecule has 0 aliphatic rings. The van der Waals surface area contributed by atoms with Gasteiger partial charge in [0.1, 0.15) is 0 Å². The zero-order chi connectivity index (χ0) is 13.4. The molecule has 0 spiro atoms. The van der Waals surface area contributed by atoms with Crippen LogP contribution in [0.2, 0.25) is 0 Å². The standard InChI is InChI=1S/C14H20N2O2/c1-3-5-13(17)15-8-9-16-14(18)12-7-4-6-11(2)10-12/h4,6-7,10H,3,5,8-9H2,1-2H3,(H,15,17)(H,16,18). The summed E-state index contributed by atoms with van der Waals surface area (Å²) in [6.45, 7) is 4.82. The van der Waals surface area contributed by atoms with Crippen molar-refractivity contribution in [3.05, 3.63) is 35.4 Å². The molecule has 0 bridgehead atoms. The third kappa shape index (κ3) is 4.99. The Morgan fingerprint density at radius 3 is 2.56 bits per heavy atom. The Balaban J connectivity index is 2.27. The van der Waals surface area contributed by atoms with Crippen molar-refractivity contribution >= 4 is 11.8 Å². The van der Waals surface area contributed by atoms with Crippen LogP contribution in [0.3, 0.4) is 0 Å². The smallest absolute Gasteiger partial charge is 0.251 e. The lowest BCUT2D eigenvalue weighted by molar-refractivity contribution is -0.121. The van der Waals surface area contributed by atoms with Crippen LogP contribution in [0.15, 0.2) is 24.3 Å². The van der Waals surface area contributed by atoms with E-state index in [1.807, 2.05) is 32.0 Å². The Kier molecular flexibility index (Phi) is 5.91. The van der Waals surface area contributed by atoms with E-state index in [1.165, 1.54) is 0 Å². The van der Waals surface area contributed by atoms with E-state index in [0.29, 0.717) is 25.1 Å². The highest BCUT2D eigenvalue weighted by Crippen LogP contribution is 2.03. The van der Waals surface area contributed by atoms with Crippen molar-refractivity contribution < 1.29 is 9.59 Å². The molecule has 0 radical (unpaired) electrons. The van der Waals surface area contributed by atoms with Crippen LogP contribution in [-0.2, 0) is 4.79 Å². The summed E-state index contributed by atoms with van der Waals surface area (Å²) >= 11 is 0. The van der Waals surface area contributed by atoms with E-state index >= 15 is 0 Å². The highest BCUT2D eigenvalue weighted by atomic mass is 16.2. The zero-order valence-electron chi connectivity index (χ0n) is 11.0. The SMILES string of the molecule is CCCC(=O)NCCNC(=O)c1cccc(C)c1. The van der Waals surface area contributed by atoms with Crippen molar-refractivity contribution in [2.45, 2.75) is 26.7 Å². The van der Waals surface area contributed by atoms with Crippen molar-refractivity contribution in [2.24, 2.45) is 0 Å². The summed E-state index contributed by atoms with van der Waals surface area (Å²) in [5, 5.41) is 5.52. The topological polar surface area (TPSA) is 58.2 Å². The normalized spacial score (nSPS) is 9.89. The van der Waals surface area contributed by atoms with Crippen molar-refractivity contribution in [1.82, 2.24) is 10.6 Å². The van der Waals surface area contributed by atoms with Gasteiger partial charge in [0.2, 0.25) is 5.91 Å². The van der Waals surface area contributed by atoms with Gasteiger partial charge in [-0.05, 0) is 25.5 Å². The van der Waals surface area contributed by atoms with Gasteiger partial charge in [0.05, 0.1) is 0 Å². The Hall–Kier alpha value is -1.84. The minimum atomic E-state index is -0.108. The van der Waals surface area contributed by atoms with E-state index in [9.17, 15) is 9.59 Å². The molecule has 1 aromatic rings. The quantitative estimate of drug-likeness (QED) is 0.752. The number of rotatable bonds is 6. The fourth-order valence-electron chi connectivity index (χ4n) is 1.58. The van der Waals surface area contributed by atoms with Gasteiger partial charge in [-0.25, -0.2) is 0 Å². The van der Waals surface area contributed by atoms with Gasteiger partial charge in [0.15, 0.2) is 0 Å². The lowest BCUT2D eigenvalue weighted by atomic mass is 10.1. The van der Waals surface area contributed by atoms with Crippen molar-refractivity contribution in [1.29, 1.82) is 0 Å². The molecule has 4 nitrogen and oxygen atoms in total. The second-order valence-corrected chi connectivity index (χ2v) is 4.23. The Morgan fingerprint density at radius 1 is 1.17 bits per heavy atom. The molecule has 0 unspecified atom stereocenters. The summed E-state index contributed by atoms with van der Waals surface area (Å²) < 4.78 is 0. The van der Waals surface area contributed by atoms with Gasteiger partial charge in [-0.3, -0.25) is 9.59 Å². The number of hydrogen-bond acceptors (Lipinski definition) is 2. The van der Waals surface area contributed by atoms with Gasteiger partial charge < -0.3 is 10.6 Å². The monoisotopic (exact) mass is 248 g/mol. The van der Waals surface area contributed by atoms with Crippen LogP contribution in [-0.4, -0.2) is 24.9 Å². The van der Waals surface area contributed by atoms with Gasteiger partial charge in [0.25, 0.3) is 5.91 Å². The molecule has 0 saturated carbocycles. The predicted octanol–water partition coefficient (Wildman–Crippen LogP) is 1.64. The van der Waals surface area contributed by atoms with E-state index < -0.39 is 0 Å². The summed E-state index contributed by atoms with van der Waals surface area (Å²) in [5.41, 5.74) is 1.70. The first-order chi connectivity index (χ1) is 8.63. The van der Waals surface area contributed by atoms with Crippen LogP contribution in [0.1, 0.15) is 35.7 Å². The molecule has 0 atom stereocenters. The molecule has 1 aromatic carbocycles. The average molecular weight is 248 g/mol. The highest BCUT2D eigenvalue weighted by Gasteiger charge is 2.04. The lowest BCUT2D eigenvalue weighted by Gasteiger charge is -2.07. The third-order valence-electron chi connectivity index (χ3n) is 2.49. The molecule has 0 saturated heterocycles. The second kappa shape index (κ2) is 7.48. The minimum Gasteiger partial charge on any atom is -0.354 e. The number of aryl methyl sites for hydroxylation is 1. The third-order valence-corrected chi connectivity index (χ3v) is 2.49. The fourth-order valence-corrected chi connectivity index (χ4v) is 1.58. The summed E-state index contributed by atoms with van der Waals surface area (Å²) in [6.07, 6.45) is 1.37. The molecule has 18 heavy (non-hydrogen) atoms. The van der Waals surface area contributed by atoms with Gasteiger partial charge >= 0.3 is 0 Å². The number of amides is 2. The zero-order valence-corrected chi connectivity index (χ0v) is 11.0. The number of hydrogen-bond donors (Lipinski definition) is 2. The van der Waals surface area contributed by atoms with Crippen molar-refractivity contribution in [3.63, 3.8) is 0 Å². The van der Waals surface area contributed by atoms with Crippen molar-refractivity contribution in [3.8, 4) is 0 Å².